The van der Waals surface area contributed by atoms with Crippen molar-refractivity contribution in [2.24, 2.45) is 5.73 Å². The summed E-state index contributed by atoms with van der Waals surface area (Å²) in [6.45, 7) is 3.09. The van der Waals surface area contributed by atoms with Gasteiger partial charge in [-0.3, -0.25) is 4.79 Å². The van der Waals surface area contributed by atoms with Gasteiger partial charge in [0.25, 0.3) is 0 Å². The van der Waals surface area contributed by atoms with E-state index in [0.717, 1.165) is 28.6 Å². The molecule has 0 aliphatic carbocycles. The molecule has 0 atom stereocenters. The fraction of sp³-hybridized carbons (Fsp3) is 0.250. The first-order valence-corrected chi connectivity index (χ1v) is 7.26. The van der Waals surface area contributed by atoms with Gasteiger partial charge in [-0.15, -0.1) is 0 Å². The molecular formula is C16H19N3OS. The van der Waals surface area contributed by atoms with Crippen molar-refractivity contribution in [3.63, 3.8) is 0 Å². The molecule has 0 fully saturated rings. The minimum Gasteiger partial charge on any atom is -0.389 e. The van der Waals surface area contributed by atoms with E-state index in [-0.39, 0.29) is 5.91 Å². The third kappa shape index (κ3) is 3.13. The standard InChI is InChI=1S/C16H19N3OS/c1-3-19(10-15(20)18-2)14-9-8-13(16(17)21)11-6-4-5-7-12(11)14/h4-9H,3,10H2,1-2H3,(H2,17,21)(H,18,20). The van der Waals surface area contributed by atoms with Gasteiger partial charge >= 0.3 is 0 Å². The molecule has 110 valence electrons. The molecule has 2 aromatic carbocycles. The van der Waals surface area contributed by atoms with Gasteiger partial charge in [0.1, 0.15) is 4.99 Å². The quantitative estimate of drug-likeness (QED) is 0.830. The predicted octanol–water partition coefficient (Wildman–Crippen LogP) is 2.05. The van der Waals surface area contributed by atoms with Crippen molar-refractivity contribution in [3.8, 4) is 0 Å². The Balaban J connectivity index is 2.56. The lowest BCUT2D eigenvalue weighted by molar-refractivity contribution is -0.119. The first-order chi connectivity index (χ1) is 10.1. The van der Waals surface area contributed by atoms with Gasteiger partial charge in [-0.1, -0.05) is 36.5 Å². The summed E-state index contributed by atoms with van der Waals surface area (Å²) in [6.07, 6.45) is 0. The van der Waals surface area contributed by atoms with E-state index in [1.165, 1.54) is 0 Å². The van der Waals surface area contributed by atoms with Gasteiger partial charge in [0.05, 0.1) is 6.54 Å². The second-order valence-electron chi connectivity index (χ2n) is 4.73. The van der Waals surface area contributed by atoms with Crippen molar-refractivity contribution in [3.05, 3.63) is 42.0 Å². The van der Waals surface area contributed by atoms with Crippen molar-refractivity contribution >= 4 is 39.6 Å². The van der Waals surface area contributed by atoms with Crippen LogP contribution >= 0.6 is 12.2 Å². The topological polar surface area (TPSA) is 58.4 Å². The Kier molecular flexibility index (Phi) is 4.75. The van der Waals surface area contributed by atoms with Crippen LogP contribution in [0.5, 0.6) is 0 Å². The van der Waals surface area contributed by atoms with Crippen LogP contribution in [-0.2, 0) is 4.79 Å². The highest BCUT2D eigenvalue weighted by Crippen LogP contribution is 2.29. The highest BCUT2D eigenvalue weighted by molar-refractivity contribution is 7.80. The summed E-state index contributed by atoms with van der Waals surface area (Å²) in [5.41, 5.74) is 7.67. The number of hydrogen-bond donors (Lipinski definition) is 2. The predicted molar refractivity (Wildman–Crippen MR) is 91.8 cm³/mol. The SMILES string of the molecule is CCN(CC(=O)NC)c1ccc(C(N)=S)c2ccccc12. The number of nitrogens with one attached hydrogen (secondary N) is 1. The average Bonchev–Trinajstić information content (AvgIpc) is 2.51. The molecule has 0 unspecified atom stereocenters. The number of likely N-dealkylation sites (N-methyl/N-ethyl adjacent to an activating group) is 2. The molecule has 0 aliphatic heterocycles. The number of rotatable bonds is 5. The zero-order valence-electron chi connectivity index (χ0n) is 12.2. The van der Waals surface area contributed by atoms with Gasteiger partial charge in [-0.05, 0) is 24.4 Å². The van der Waals surface area contributed by atoms with Gasteiger partial charge in [-0.2, -0.15) is 0 Å². The Morgan fingerprint density at radius 2 is 1.90 bits per heavy atom. The second-order valence-corrected chi connectivity index (χ2v) is 5.17. The number of nitrogens with two attached hydrogens (primary N) is 1. The fourth-order valence-electron chi connectivity index (χ4n) is 2.39. The van der Waals surface area contributed by atoms with E-state index in [1.54, 1.807) is 7.05 Å². The Hall–Kier alpha value is -2.14. The van der Waals surface area contributed by atoms with Crippen LogP contribution < -0.4 is 16.0 Å². The van der Waals surface area contributed by atoms with Crippen LogP contribution in [0.4, 0.5) is 5.69 Å². The summed E-state index contributed by atoms with van der Waals surface area (Å²) in [5, 5.41) is 4.72. The molecule has 4 nitrogen and oxygen atoms in total. The number of carbonyl (C=O) groups is 1. The lowest BCUT2D eigenvalue weighted by Crippen LogP contribution is -2.35. The van der Waals surface area contributed by atoms with E-state index in [1.807, 2.05) is 48.2 Å². The number of amides is 1. The normalized spacial score (nSPS) is 10.4. The zero-order chi connectivity index (χ0) is 15.4. The molecule has 0 bridgehead atoms. The van der Waals surface area contributed by atoms with Crippen molar-refractivity contribution in [1.82, 2.24) is 5.32 Å². The van der Waals surface area contributed by atoms with Crippen LogP contribution in [-0.4, -0.2) is 31.0 Å². The molecule has 1 amide bonds. The Bertz CT molecular complexity index is 684. The Morgan fingerprint density at radius 1 is 1.24 bits per heavy atom. The van der Waals surface area contributed by atoms with Gasteiger partial charge < -0.3 is 16.0 Å². The maximum absolute atomic E-state index is 11.7. The lowest BCUT2D eigenvalue weighted by atomic mass is 10.0. The molecule has 5 heteroatoms. The van der Waals surface area contributed by atoms with Gasteiger partial charge in [0.15, 0.2) is 0 Å². The molecule has 21 heavy (non-hydrogen) atoms. The van der Waals surface area contributed by atoms with Gasteiger partial charge in [0.2, 0.25) is 5.91 Å². The second kappa shape index (κ2) is 6.54. The molecule has 2 rings (SSSR count). The van der Waals surface area contributed by atoms with Crippen molar-refractivity contribution in [2.75, 3.05) is 25.0 Å². The van der Waals surface area contributed by atoms with E-state index in [9.17, 15) is 4.79 Å². The minimum absolute atomic E-state index is 0.0145. The molecule has 0 radical (unpaired) electrons. The highest BCUT2D eigenvalue weighted by Gasteiger charge is 2.14. The summed E-state index contributed by atoms with van der Waals surface area (Å²) in [6, 6.07) is 11.9. The van der Waals surface area contributed by atoms with Crippen LogP contribution in [0, 0.1) is 0 Å². The first kappa shape index (κ1) is 15.3. The van der Waals surface area contributed by atoms with Crippen molar-refractivity contribution < 1.29 is 4.79 Å². The summed E-state index contributed by atoms with van der Waals surface area (Å²) < 4.78 is 0. The molecule has 2 aromatic rings. The monoisotopic (exact) mass is 301 g/mol. The number of anilines is 1. The summed E-state index contributed by atoms with van der Waals surface area (Å²) in [5.74, 6) is -0.0145. The van der Waals surface area contributed by atoms with Crippen LogP contribution in [0.3, 0.4) is 0 Å². The molecule has 0 saturated heterocycles. The number of fused-ring (bicyclic) bond motifs is 1. The smallest absolute Gasteiger partial charge is 0.239 e. The van der Waals surface area contributed by atoms with E-state index in [2.05, 4.69) is 5.32 Å². The minimum atomic E-state index is -0.0145. The largest absolute Gasteiger partial charge is 0.389 e. The van der Waals surface area contributed by atoms with E-state index in [4.69, 9.17) is 18.0 Å². The Morgan fingerprint density at radius 3 is 2.48 bits per heavy atom. The molecule has 0 spiro atoms. The number of carbonyl (C=O) groups excluding carboxylic acids is 1. The van der Waals surface area contributed by atoms with Crippen LogP contribution in [0.25, 0.3) is 10.8 Å². The molecular weight excluding hydrogens is 282 g/mol. The third-order valence-corrected chi connectivity index (χ3v) is 3.72. The summed E-state index contributed by atoms with van der Waals surface area (Å²) in [4.78, 5) is 14.1. The van der Waals surface area contributed by atoms with Gasteiger partial charge in [-0.25, -0.2) is 0 Å². The third-order valence-electron chi connectivity index (χ3n) is 3.50. The molecule has 0 saturated carbocycles. The maximum atomic E-state index is 11.7. The summed E-state index contributed by atoms with van der Waals surface area (Å²) in [7, 11) is 1.64. The fourth-order valence-corrected chi connectivity index (χ4v) is 2.57. The lowest BCUT2D eigenvalue weighted by Gasteiger charge is -2.24. The molecule has 0 aliphatic rings. The molecule has 0 heterocycles. The highest BCUT2D eigenvalue weighted by atomic mass is 32.1. The Labute approximate surface area is 129 Å². The number of benzene rings is 2. The zero-order valence-corrected chi connectivity index (χ0v) is 13.0. The van der Waals surface area contributed by atoms with E-state index < -0.39 is 0 Å². The van der Waals surface area contributed by atoms with E-state index >= 15 is 0 Å². The first-order valence-electron chi connectivity index (χ1n) is 6.85. The van der Waals surface area contributed by atoms with Crippen molar-refractivity contribution in [1.29, 1.82) is 0 Å². The average molecular weight is 301 g/mol. The van der Waals surface area contributed by atoms with Gasteiger partial charge in [0, 0.05) is 30.2 Å². The molecule has 3 N–H and O–H groups in total. The number of thiocarbonyl (C=S) groups is 1. The van der Waals surface area contributed by atoms with E-state index in [0.29, 0.717) is 11.5 Å². The van der Waals surface area contributed by atoms with Crippen molar-refractivity contribution in [2.45, 2.75) is 6.92 Å². The maximum Gasteiger partial charge on any atom is 0.239 e. The number of nitrogens with zero attached hydrogens (tertiary/aromatic N) is 1. The number of hydrogen-bond acceptors (Lipinski definition) is 3. The van der Waals surface area contributed by atoms with Crippen LogP contribution in [0.2, 0.25) is 0 Å². The molecule has 0 aromatic heterocycles. The summed E-state index contributed by atoms with van der Waals surface area (Å²) >= 11 is 5.12. The van der Waals surface area contributed by atoms with Crippen LogP contribution in [0.15, 0.2) is 36.4 Å². The van der Waals surface area contributed by atoms with Crippen LogP contribution in [0.1, 0.15) is 12.5 Å².